The van der Waals surface area contributed by atoms with E-state index in [0.717, 1.165) is 31.1 Å². The summed E-state index contributed by atoms with van der Waals surface area (Å²) >= 11 is 0. The predicted octanol–water partition coefficient (Wildman–Crippen LogP) is 7.61. The molecular weight excluding hydrogens is 320 g/mol. The van der Waals surface area contributed by atoms with Crippen LogP contribution >= 0.6 is 0 Å². The fourth-order valence-electron chi connectivity index (χ4n) is 3.28. The molecular formula is C24H50O2. The Bertz CT molecular complexity index is 320. The average Bonchev–Trinajstić information content (AvgIpc) is 2.47. The molecule has 158 valence electrons. The number of hydrogen-bond donors (Lipinski definition) is 1. The number of rotatable bonds is 6. The van der Waals surface area contributed by atoms with Crippen molar-refractivity contribution in [2.75, 3.05) is 0 Å². The second kappa shape index (κ2) is 13.8. The van der Waals surface area contributed by atoms with Crippen molar-refractivity contribution in [2.24, 2.45) is 22.7 Å². The zero-order valence-corrected chi connectivity index (χ0v) is 19.5. The molecule has 1 rings (SSSR count). The number of aliphatic hydroxyl groups is 1. The molecule has 0 bridgehead atoms. The third kappa shape index (κ3) is 15.9. The van der Waals surface area contributed by atoms with Crippen molar-refractivity contribution in [1.82, 2.24) is 0 Å². The highest BCUT2D eigenvalue weighted by Gasteiger charge is 2.23. The Labute approximate surface area is 165 Å². The molecule has 1 unspecified atom stereocenters. The predicted molar refractivity (Wildman–Crippen MR) is 117 cm³/mol. The Kier molecular flexibility index (Phi) is 14.8. The molecule has 1 N–H and O–H groups in total. The Morgan fingerprint density at radius 2 is 1.35 bits per heavy atom. The Morgan fingerprint density at radius 3 is 1.65 bits per heavy atom. The molecule has 1 saturated carbocycles. The van der Waals surface area contributed by atoms with Gasteiger partial charge in [0.25, 0.3) is 0 Å². The van der Waals surface area contributed by atoms with Crippen molar-refractivity contribution >= 4 is 0 Å². The molecule has 1 atom stereocenters. The van der Waals surface area contributed by atoms with Gasteiger partial charge < -0.3 is 9.84 Å². The molecule has 1 aliphatic carbocycles. The van der Waals surface area contributed by atoms with Gasteiger partial charge in [-0.25, -0.2) is 0 Å². The summed E-state index contributed by atoms with van der Waals surface area (Å²) < 4.78 is 5.62. The minimum Gasteiger partial charge on any atom is -0.368 e. The highest BCUT2D eigenvalue weighted by Crippen LogP contribution is 2.33. The third-order valence-electron chi connectivity index (χ3n) is 5.19. The topological polar surface area (TPSA) is 29.5 Å². The van der Waals surface area contributed by atoms with Gasteiger partial charge in [-0.2, -0.15) is 0 Å². The van der Waals surface area contributed by atoms with Crippen LogP contribution < -0.4 is 0 Å². The van der Waals surface area contributed by atoms with Gasteiger partial charge in [0.1, 0.15) is 0 Å². The maximum Gasteiger partial charge on any atom is 0.155 e. The molecule has 0 aromatic rings. The first kappa shape index (κ1) is 27.9. The van der Waals surface area contributed by atoms with Crippen LogP contribution in [0.5, 0.6) is 0 Å². The fraction of sp³-hybridized carbons (Fsp3) is 0.917. The van der Waals surface area contributed by atoms with Crippen LogP contribution in [0, 0.1) is 22.7 Å². The van der Waals surface area contributed by atoms with Crippen molar-refractivity contribution in [3.8, 4) is 0 Å². The van der Waals surface area contributed by atoms with E-state index in [9.17, 15) is 5.11 Å². The monoisotopic (exact) mass is 370 g/mol. The van der Waals surface area contributed by atoms with E-state index in [0.29, 0.717) is 11.5 Å². The third-order valence-corrected chi connectivity index (χ3v) is 5.19. The summed E-state index contributed by atoms with van der Waals surface area (Å²) in [5, 5.41) is 9.71. The Hall–Kier alpha value is -0.340. The van der Waals surface area contributed by atoms with E-state index in [4.69, 9.17) is 4.74 Å². The summed E-state index contributed by atoms with van der Waals surface area (Å²) in [6.45, 7) is 26.3. The van der Waals surface area contributed by atoms with Crippen LogP contribution in [-0.4, -0.2) is 17.5 Å². The van der Waals surface area contributed by atoms with Crippen molar-refractivity contribution in [3.05, 3.63) is 13.2 Å². The molecule has 0 amide bonds. The van der Waals surface area contributed by atoms with Crippen LogP contribution in [0.25, 0.3) is 0 Å². The average molecular weight is 371 g/mol. The van der Waals surface area contributed by atoms with E-state index < -0.39 is 6.29 Å². The number of aliphatic hydroxyl groups excluding tert-OH is 1. The fourth-order valence-corrected chi connectivity index (χ4v) is 3.28. The summed E-state index contributed by atoms with van der Waals surface area (Å²) in [6.07, 6.45) is 7.89. The maximum absolute atomic E-state index is 9.71. The van der Waals surface area contributed by atoms with Gasteiger partial charge in [-0.15, -0.1) is 13.2 Å². The molecule has 1 fully saturated rings. The molecule has 2 heteroatoms. The lowest BCUT2D eigenvalue weighted by atomic mass is 9.75. The highest BCUT2D eigenvalue weighted by molar-refractivity contribution is 4.73. The second-order valence-corrected chi connectivity index (χ2v) is 10.4. The van der Waals surface area contributed by atoms with Gasteiger partial charge in [0, 0.05) is 6.42 Å². The lowest BCUT2D eigenvalue weighted by molar-refractivity contribution is -0.157. The minimum absolute atomic E-state index is 0.147. The van der Waals surface area contributed by atoms with E-state index in [-0.39, 0.29) is 5.41 Å². The Morgan fingerprint density at radius 1 is 0.885 bits per heavy atom. The number of ether oxygens (including phenoxy) is 1. The van der Waals surface area contributed by atoms with Crippen molar-refractivity contribution in [1.29, 1.82) is 0 Å². The summed E-state index contributed by atoms with van der Waals surface area (Å²) in [4.78, 5) is 0. The molecule has 0 heterocycles. The Balaban J connectivity index is 0. The van der Waals surface area contributed by atoms with Gasteiger partial charge in [-0.3, -0.25) is 0 Å². The first-order valence-electron chi connectivity index (χ1n) is 10.7. The van der Waals surface area contributed by atoms with Crippen molar-refractivity contribution < 1.29 is 9.84 Å². The summed E-state index contributed by atoms with van der Waals surface area (Å²) in [5.74, 6) is 1.63. The molecule has 0 aromatic carbocycles. The summed E-state index contributed by atoms with van der Waals surface area (Å²) in [6, 6.07) is 0. The van der Waals surface area contributed by atoms with Crippen LogP contribution in [0.15, 0.2) is 13.2 Å². The smallest absolute Gasteiger partial charge is 0.155 e. The van der Waals surface area contributed by atoms with Gasteiger partial charge in [0.05, 0.1) is 6.10 Å². The maximum atomic E-state index is 9.71. The molecule has 1 aliphatic rings. The first-order chi connectivity index (χ1) is 11.8. The van der Waals surface area contributed by atoms with E-state index >= 15 is 0 Å². The van der Waals surface area contributed by atoms with E-state index in [1.54, 1.807) is 0 Å². The normalized spacial score (nSPS) is 17.2. The van der Waals surface area contributed by atoms with Gasteiger partial charge in [0.2, 0.25) is 0 Å². The zero-order valence-electron chi connectivity index (χ0n) is 19.5. The SMILES string of the molecule is C=C.CC(C)(C)CC(O)OC1CCCCC1.CC(C)CC(C)(C)C(C)C. The largest absolute Gasteiger partial charge is 0.368 e. The number of hydrogen-bond acceptors (Lipinski definition) is 2. The summed E-state index contributed by atoms with van der Waals surface area (Å²) in [5.41, 5.74) is 0.669. The molecule has 0 aromatic heterocycles. The standard InChI is InChI=1S/C12H24O2.C10H22.C2H4/c1-12(2,3)9-11(13)14-10-7-5-4-6-8-10;1-8(2)7-10(5,6)9(3)4;1-2/h10-11,13H,4-9H2,1-3H3;8-9H,7H2,1-6H3;1-2H2. The summed E-state index contributed by atoms with van der Waals surface area (Å²) in [7, 11) is 0. The first-order valence-corrected chi connectivity index (χ1v) is 10.7. The van der Waals surface area contributed by atoms with Crippen LogP contribution in [0.3, 0.4) is 0 Å². The van der Waals surface area contributed by atoms with Crippen LogP contribution in [0.2, 0.25) is 0 Å². The van der Waals surface area contributed by atoms with E-state index in [2.05, 4.69) is 75.5 Å². The lowest BCUT2D eigenvalue weighted by Gasteiger charge is -2.30. The molecule has 0 spiro atoms. The second-order valence-electron chi connectivity index (χ2n) is 10.4. The van der Waals surface area contributed by atoms with Gasteiger partial charge in [-0.1, -0.05) is 81.6 Å². The molecule has 0 aliphatic heterocycles. The molecule has 0 saturated heterocycles. The lowest BCUT2D eigenvalue weighted by Crippen LogP contribution is -2.27. The van der Waals surface area contributed by atoms with Crippen LogP contribution in [0.1, 0.15) is 107 Å². The van der Waals surface area contributed by atoms with E-state index in [1.807, 2.05) is 0 Å². The van der Waals surface area contributed by atoms with Gasteiger partial charge in [-0.05, 0) is 41.9 Å². The molecule has 26 heavy (non-hydrogen) atoms. The van der Waals surface area contributed by atoms with Crippen LogP contribution in [-0.2, 0) is 4.74 Å². The van der Waals surface area contributed by atoms with Gasteiger partial charge in [0.15, 0.2) is 6.29 Å². The van der Waals surface area contributed by atoms with E-state index in [1.165, 1.54) is 25.7 Å². The van der Waals surface area contributed by atoms with Crippen molar-refractivity contribution in [3.63, 3.8) is 0 Å². The van der Waals surface area contributed by atoms with Crippen molar-refractivity contribution in [2.45, 2.75) is 120 Å². The zero-order chi connectivity index (χ0) is 21.0. The molecule has 0 radical (unpaired) electrons. The minimum atomic E-state index is -0.571. The molecule has 2 nitrogen and oxygen atoms in total. The quantitative estimate of drug-likeness (QED) is 0.385. The highest BCUT2D eigenvalue weighted by atomic mass is 16.6. The van der Waals surface area contributed by atoms with Crippen LogP contribution in [0.4, 0.5) is 0 Å². The van der Waals surface area contributed by atoms with Gasteiger partial charge >= 0.3 is 0 Å².